The Labute approximate surface area is 332 Å². The van der Waals surface area contributed by atoms with Gasteiger partial charge in [-0.1, -0.05) is 55.4 Å². The van der Waals surface area contributed by atoms with E-state index in [0.717, 1.165) is 51.4 Å². The Kier molecular flexibility index (Phi) is 13.4. The molecule has 4 unspecified atom stereocenters. The molecule has 6 aliphatic rings. The molecule has 53 heavy (non-hydrogen) atoms. The largest absolute Gasteiger partial charge is 0.393 e. The average Bonchev–Trinajstić information content (AvgIpc) is 3.73. The molecule has 0 radical (unpaired) electrons. The van der Waals surface area contributed by atoms with Crippen molar-refractivity contribution in [2.24, 2.45) is 68.0 Å². The van der Waals surface area contributed by atoms with Gasteiger partial charge in [0, 0.05) is 66.6 Å². The second-order valence-electron chi connectivity index (χ2n) is 19.8. The molecule has 0 aromatic rings. The van der Waals surface area contributed by atoms with Crippen LogP contribution in [0, 0.1) is 68.0 Å². The number of Topliss-reactive ketones (excluding diaryl/α,β-unsaturated/α-hetero) is 2. The monoisotopic (exact) mass is 784 g/mol. The number of halogens is 2. The summed E-state index contributed by atoms with van der Waals surface area (Å²) in [6.45, 7) is 18.0. The summed E-state index contributed by atoms with van der Waals surface area (Å²) in [4.78, 5) is 27.4. The molecule has 6 aliphatic carbocycles. The fourth-order valence-corrected chi connectivity index (χ4v) is 15.1. The Morgan fingerprint density at radius 3 is 1.51 bits per heavy atom. The molecule has 0 aromatic heterocycles. The van der Waals surface area contributed by atoms with Crippen molar-refractivity contribution >= 4 is 34.8 Å². The maximum Gasteiger partial charge on any atom is 0.146 e. The SMILES string of the molecule is COCO[C@@H]1C[C@@](C)(CCCl)C(=O)[C@H](C)C23CC[C@@H](C)[C@]1(C)C2[C@H](OC)CC3.CO[C@@H]1CCC23CC[C@@H](C)[C@](C)(C12)[C@H](O)C[C@@](C)(CCCl)C(=O)[C@@H]3C. The van der Waals surface area contributed by atoms with Crippen LogP contribution >= 0.6 is 23.2 Å². The number of hydrogen-bond acceptors (Lipinski definition) is 7. The quantitative estimate of drug-likeness (QED) is 0.184. The maximum atomic E-state index is 13.9. The number of hydrogen-bond donors (Lipinski definition) is 1. The lowest BCUT2D eigenvalue weighted by Crippen LogP contribution is -2.63. The van der Waals surface area contributed by atoms with Gasteiger partial charge in [0.25, 0.3) is 0 Å². The van der Waals surface area contributed by atoms with Gasteiger partial charge < -0.3 is 24.1 Å². The van der Waals surface area contributed by atoms with E-state index in [1.54, 1.807) is 14.2 Å². The molecule has 306 valence electrons. The molecule has 9 heteroatoms. The molecule has 0 heterocycles. The van der Waals surface area contributed by atoms with E-state index in [1.165, 1.54) is 0 Å². The van der Waals surface area contributed by atoms with Crippen molar-refractivity contribution in [3.63, 3.8) is 0 Å². The fourth-order valence-electron chi connectivity index (χ4n) is 14.3. The minimum absolute atomic E-state index is 0.00168. The van der Waals surface area contributed by atoms with Gasteiger partial charge >= 0.3 is 0 Å². The maximum absolute atomic E-state index is 13.9. The Morgan fingerprint density at radius 2 is 1.08 bits per heavy atom. The smallest absolute Gasteiger partial charge is 0.146 e. The summed E-state index contributed by atoms with van der Waals surface area (Å²) in [5.41, 5.74) is -1.28. The highest BCUT2D eigenvalue weighted by molar-refractivity contribution is 6.18. The van der Waals surface area contributed by atoms with Gasteiger partial charge in [-0.05, 0) is 112 Å². The summed E-state index contributed by atoms with van der Waals surface area (Å²) in [6, 6.07) is 0. The summed E-state index contributed by atoms with van der Waals surface area (Å²) in [5, 5.41) is 11.4. The molecule has 0 amide bonds. The number of methoxy groups -OCH3 is 3. The lowest BCUT2D eigenvalue weighted by atomic mass is 9.44. The van der Waals surface area contributed by atoms with Crippen molar-refractivity contribution < 1.29 is 33.6 Å². The standard InChI is InChI=1S/C23H39ClO4.C21H35ClO3/c1-15-7-9-23-10-8-17(27-6)19(23)22(15,4)18(28-14-26-5)13-21(3,11-12-24)20(25)16(23)2;1-13-6-8-21-9-7-15(25-5)17(21)20(13,4)16(23)12-19(3,10-11-22)18(24)14(21)2/h15-19H,7-14H2,1-6H3;13-17,23H,6-12H2,1-5H3/t15-,16+,17-,18-,19?,21-,22+,23?;13-,14+,15-,16-,17?,19-,20+,21?/m11/s1. The molecule has 7 nitrogen and oxygen atoms in total. The number of carbonyl (C=O) groups excluding carboxylic acids is 2. The second-order valence-corrected chi connectivity index (χ2v) is 20.6. The van der Waals surface area contributed by atoms with Crippen molar-refractivity contribution in [3.05, 3.63) is 0 Å². The van der Waals surface area contributed by atoms with Crippen molar-refractivity contribution in [2.45, 2.75) is 157 Å². The van der Waals surface area contributed by atoms with Gasteiger partial charge in [0.1, 0.15) is 18.4 Å². The Balaban J connectivity index is 0.000000206. The highest BCUT2D eigenvalue weighted by Crippen LogP contribution is 2.70. The van der Waals surface area contributed by atoms with Crippen molar-refractivity contribution in [1.29, 1.82) is 0 Å². The molecule has 0 spiro atoms. The van der Waals surface area contributed by atoms with Crippen LogP contribution in [0.5, 0.6) is 0 Å². The molecule has 6 saturated carbocycles. The first kappa shape index (κ1) is 43.8. The van der Waals surface area contributed by atoms with Crippen LogP contribution in [-0.2, 0) is 28.5 Å². The van der Waals surface area contributed by atoms with Crippen LogP contribution in [0.4, 0.5) is 0 Å². The number of ketones is 2. The predicted octanol–water partition coefficient (Wildman–Crippen LogP) is 9.51. The third-order valence-electron chi connectivity index (χ3n) is 18.0. The van der Waals surface area contributed by atoms with E-state index in [-0.39, 0.29) is 64.5 Å². The van der Waals surface area contributed by atoms with Gasteiger partial charge in [0.05, 0.1) is 24.4 Å². The summed E-state index contributed by atoms with van der Waals surface area (Å²) in [7, 11) is 5.29. The number of rotatable bonds is 9. The Hall–Kier alpha value is -0.280. The highest BCUT2D eigenvalue weighted by atomic mass is 35.5. The van der Waals surface area contributed by atoms with Crippen LogP contribution in [0.1, 0.15) is 132 Å². The van der Waals surface area contributed by atoms with E-state index in [1.807, 2.05) is 14.0 Å². The zero-order valence-corrected chi connectivity index (χ0v) is 36.5. The van der Waals surface area contributed by atoms with Gasteiger partial charge in [-0.2, -0.15) is 0 Å². The van der Waals surface area contributed by atoms with Gasteiger partial charge in [0.2, 0.25) is 0 Å². The van der Waals surface area contributed by atoms with Crippen LogP contribution in [-0.4, -0.2) is 81.0 Å². The summed E-state index contributed by atoms with van der Waals surface area (Å²) >= 11 is 12.2. The van der Waals surface area contributed by atoms with Crippen molar-refractivity contribution in [2.75, 3.05) is 39.9 Å². The van der Waals surface area contributed by atoms with Crippen LogP contribution in [0.15, 0.2) is 0 Å². The Morgan fingerprint density at radius 1 is 0.660 bits per heavy atom. The molecule has 4 bridgehead atoms. The van der Waals surface area contributed by atoms with Crippen LogP contribution in [0.25, 0.3) is 0 Å². The molecule has 0 aromatic carbocycles. The van der Waals surface area contributed by atoms with E-state index in [2.05, 4.69) is 48.5 Å². The molecule has 0 saturated heterocycles. The van der Waals surface area contributed by atoms with Gasteiger partial charge in [-0.3, -0.25) is 9.59 Å². The number of carbonyl (C=O) groups is 2. The minimum atomic E-state index is -0.526. The minimum Gasteiger partial charge on any atom is -0.393 e. The van der Waals surface area contributed by atoms with E-state index >= 15 is 0 Å². The molecular formula is C44H74Cl2O7. The Bertz CT molecular complexity index is 1310. The number of alkyl halides is 2. The van der Waals surface area contributed by atoms with Gasteiger partial charge in [-0.15, -0.1) is 23.2 Å². The van der Waals surface area contributed by atoms with E-state index in [0.29, 0.717) is 66.8 Å². The van der Waals surface area contributed by atoms with E-state index in [9.17, 15) is 14.7 Å². The fraction of sp³-hybridized carbons (Fsp3) is 0.955. The van der Waals surface area contributed by atoms with E-state index in [4.69, 9.17) is 42.1 Å². The molecule has 6 rings (SSSR count). The number of aliphatic hydroxyl groups excluding tert-OH is 1. The van der Waals surface area contributed by atoms with Crippen molar-refractivity contribution in [1.82, 2.24) is 0 Å². The normalized spacial score (nSPS) is 50.9. The molecule has 6 fully saturated rings. The first-order valence-electron chi connectivity index (χ1n) is 20.9. The predicted molar refractivity (Wildman–Crippen MR) is 212 cm³/mol. The number of aliphatic hydroxyl groups is 1. The average molecular weight is 786 g/mol. The van der Waals surface area contributed by atoms with Crippen molar-refractivity contribution in [3.8, 4) is 0 Å². The van der Waals surface area contributed by atoms with E-state index < -0.39 is 16.9 Å². The zero-order chi connectivity index (χ0) is 39.4. The zero-order valence-electron chi connectivity index (χ0n) is 35.0. The first-order chi connectivity index (χ1) is 24.9. The topological polar surface area (TPSA) is 91.3 Å². The summed E-state index contributed by atoms with van der Waals surface area (Å²) in [6.07, 6.45) is 10.9. The first-order valence-corrected chi connectivity index (χ1v) is 22.0. The lowest BCUT2D eigenvalue weighted by Gasteiger charge is -2.62. The third kappa shape index (κ3) is 6.74. The summed E-state index contributed by atoms with van der Waals surface area (Å²) in [5.74, 6) is 3.19. The molecule has 0 aliphatic heterocycles. The van der Waals surface area contributed by atoms with Gasteiger partial charge in [-0.25, -0.2) is 0 Å². The molecular weight excluding hydrogens is 711 g/mol. The molecule has 16 atom stereocenters. The lowest BCUT2D eigenvalue weighted by molar-refractivity contribution is -0.219. The second kappa shape index (κ2) is 16.2. The number of ether oxygens (including phenoxy) is 4. The molecule has 1 N–H and O–H groups in total. The third-order valence-corrected chi connectivity index (χ3v) is 18.4. The summed E-state index contributed by atoms with van der Waals surface area (Å²) < 4.78 is 23.6. The van der Waals surface area contributed by atoms with Crippen LogP contribution in [0.2, 0.25) is 0 Å². The van der Waals surface area contributed by atoms with Crippen LogP contribution < -0.4 is 0 Å². The van der Waals surface area contributed by atoms with Gasteiger partial charge in [0.15, 0.2) is 0 Å². The highest BCUT2D eigenvalue weighted by Gasteiger charge is 2.69. The van der Waals surface area contributed by atoms with Crippen LogP contribution in [0.3, 0.4) is 0 Å².